The van der Waals surface area contributed by atoms with Crippen LogP contribution in [0.1, 0.15) is 67.9 Å². The lowest BCUT2D eigenvalue weighted by molar-refractivity contribution is -0.114. The van der Waals surface area contributed by atoms with Gasteiger partial charge in [0.25, 0.3) is 0 Å². The number of hydrogen-bond donors (Lipinski definition) is 0. The molecule has 0 heterocycles. The maximum Gasteiger partial charge on any atom is 0.186 e. The Kier molecular flexibility index (Phi) is 5.20. The van der Waals surface area contributed by atoms with Gasteiger partial charge in [0, 0.05) is 11.1 Å². The van der Waals surface area contributed by atoms with Crippen LogP contribution < -0.4 is 0 Å². The molecule has 0 unspecified atom stereocenters. The number of aliphatic imine (C=N–C) groups is 1. The first-order valence-corrected chi connectivity index (χ1v) is 9.38. The number of Topliss-reactive ketones (excluding diaryl/α,β-unsaturated/α-hetero) is 1. The predicted molar refractivity (Wildman–Crippen MR) is 112 cm³/mol. The van der Waals surface area contributed by atoms with E-state index < -0.39 is 0 Å². The molecule has 2 nitrogen and oxygen atoms in total. The van der Waals surface area contributed by atoms with Gasteiger partial charge in [-0.1, -0.05) is 74.4 Å². The van der Waals surface area contributed by atoms with Gasteiger partial charge in [-0.3, -0.25) is 4.79 Å². The van der Waals surface area contributed by atoms with E-state index in [0.717, 1.165) is 22.5 Å². The second-order valence-electron chi connectivity index (χ2n) is 10.3. The van der Waals surface area contributed by atoms with Gasteiger partial charge >= 0.3 is 0 Å². The van der Waals surface area contributed by atoms with E-state index >= 15 is 0 Å². The van der Waals surface area contributed by atoms with Gasteiger partial charge < -0.3 is 0 Å². The highest BCUT2D eigenvalue weighted by Crippen LogP contribution is 2.37. The summed E-state index contributed by atoms with van der Waals surface area (Å²) in [6, 6.07) is 8.38. The third-order valence-corrected chi connectivity index (χ3v) is 4.68. The van der Waals surface area contributed by atoms with Crippen molar-refractivity contribution in [1.82, 2.24) is 0 Å². The molecule has 0 saturated carbocycles. The lowest BCUT2D eigenvalue weighted by atomic mass is 9.72. The fourth-order valence-corrected chi connectivity index (χ4v) is 2.98. The summed E-state index contributed by atoms with van der Waals surface area (Å²) in [5.74, 6) is 0.145. The van der Waals surface area contributed by atoms with Crippen molar-refractivity contribution in [2.24, 2.45) is 15.8 Å². The average Bonchev–Trinajstić information content (AvgIpc) is 2.46. The molecule has 1 aromatic carbocycles. The minimum absolute atomic E-state index is 0.127. The van der Waals surface area contributed by atoms with Crippen molar-refractivity contribution < 1.29 is 4.79 Å². The minimum atomic E-state index is -0.210. The van der Waals surface area contributed by atoms with Crippen LogP contribution in [0, 0.1) is 10.8 Å². The van der Waals surface area contributed by atoms with Crippen LogP contribution in [0.25, 0.3) is 0 Å². The number of ketones is 1. The maximum absolute atomic E-state index is 13.0. The Balaban J connectivity index is 2.51. The van der Waals surface area contributed by atoms with E-state index in [1.165, 1.54) is 5.56 Å². The van der Waals surface area contributed by atoms with Crippen LogP contribution in [0.3, 0.4) is 0 Å². The molecule has 0 saturated heterocycles. The molecule has 0 fully saturated rings. The topological polar surface area (TPSA) is 29.4 Å². The van der Waals surface area contributed by atoms with Gasteiger partial charge in [-0.2, -0.15) is 0 Å². The Bertz CT molecular complexity index is 747. The number of carbonyl (C=O) groups excluding carboxylic acids is 1. The summed E-state index contributed by atoms with van der Waals surface area (Å²) in [7, 11) is 0. The molecule has 1 aromatic rings. The highest BCUT2D eigenvalue weighted by atomic mass is 16.1. The number of benzene rings is 1. The lowest BCUT2D eigenvalue weighted by Crippen LogP contribution is -2.29. The van der Waals surface area contributed by atoms with E-state index in [0.29, 0.717) is 0 Å². The largest absolute Gasteiger partial charge is 0.289 e. The molecule has 0 spiro atoms. The fourth-order valence-electron chi connectivity index (χ4n) is 2.98. The normalized spacial score (nSPS) is 16.3. The van der Waals surface area contributed by atoms with Crippen LogP contribution in [0.15, 0.2) is 52.6 Å². The van der Waals surface area contributed by atoms with Gasteiger partial charge in [0.15, 0.2) is 5.78 Å². The number of hydrogen-bond acceptors (Lipinski definition) is 2. The average molecular weight is 352 g/mol. The van der Waals surface area contributed by atoms with Crippen molar-refractivity contribution in [1.29, 1.82) is 0 Å². The first kappa shape index (κ1) is 20.4. The van der Waals surface area contributed by atoms with E-state index in [-0.39, 0.29) is 22.0 Å². The summed E-state index contributed by atoms with van der Waals surface area (Å²) in [6.07, 6.45) is 3.91. The van der Waals surface area contributed by atoms with Crippen LogP contribution in [0.5, 0.6) is 0 Å². The third-order valence-electron chi connectivity index (χ3n) is 4.68. The smallest absolute Gasteiger partial charge is 0.186 e. The van der Waals surface area contributed by atoms with Gasteiger partial charge in [0.05, 0.1) is 11.4 Å². The van der Waals surface area contributed by atoms with Crippen molar-refractivity contribution in [2.75, 3.05) is 0 Å². The Labute approximate surface area is 159 Å². The lowest BCUT2D eigenvalue weighted by Gasteiger charge is -2.31. The molecule has 0 radical (unpaired) electrons. The Morgan fingerprint density at radius 3 is 1.42 bits per heavy atom. The molecule has 2 rings (SSSR count). The summed E-state index contributed by atoms with van der Waals surface area (Å²) in [5.41, 5.74) is 4.42. The number of nitrogens with zero attached hydrogens (tertiary/aromatic N) is 1. The molecule has 0 aliphatic heterocycles. The van der Waals surface area contributed by atoms with E-state index in [4.69, 9.17) is 4.99 Å². The zero-order valence-corrected chi connectivity index (χ0v) is 17.8. The summed E-state index contributed by atoms with van der Waals surface area (Å²) in [6.45, 7) is 19.1. The van der Waals surface area contributed by atoms with Gasteiger partial charge in [-0.25, -0.2) is 4.99 Å². The Morgan fingerprint density at radius 2 is 1.08 bits per heavy atom. The van der Waals surface area contributed by atoms with Gasteiger partial charge in [0.1, 0.15) is 0 Å². The summed E-state index contributed by atoms with van der Waals surface area (Å²) < 4.78 is 0. The molecule has 0 atom stereocenters. The minimum Gasteiger partial charge on any atom is -0.289 e. The van der Waals surface area contributed by atoms with Crippen molar-refractivity contribution in [3.05, 3.63) is 53.1 Å². The Hall–Kier alpha value is -1.96. The first-order chi connectivity index (χ1) is 11.7. The summed E-state index contributed by atoms with van der Waals surface area (Å²) >= 11 is 0. The van der Waals surface area contributed by atoms with Crippen LogP contribution in [-0.2, 0) is 10.2 Å². The van der Waals surface area contributed by atoms with E-state index in [9.17, 15) is 4.79 Å². The Morgan fingerprint density at radius 1 is 0.654 bits per heavy atom. The molecule has 0 bridgehead atoms. The quantitative estimate of drug-likeness (QED) is 0.525. The maximum atomic E-state index is 13.0. The van der Waals surface area contributed by atoms with Crippen LogP contribution in [-0.4, -0.2) is 11.5 Å². The monoisotopic (exact) mass is 351 g/mol. The molecular formula is C24H33NO. The first-order valence-electron chi connectivity index (χ1n) is 9.38. The second kappa shape index (κ2) is 6.64. The van der Waals surface area contributed by atoms with Crippen LogP contribution in [0.4, 0.5) is 5.69 Å². The van der Waals surface area contributed by atoms with Crippen molar-refractivity contribution >= 4 is 17.2 Å². The van der Waals surface area contributed by atoms with Crippen LogP contribution >= 0.6 is 0 Å². The summed E-state index contributed by atoms with van der Waals surface area (Å²) in [4.78, 5) is 17.8. The SMILES string of the molecule is CC(C)(C)C1=CC(=Nc2ccc(C(C)(C)C)cc2)C=C(C(C)(C)C)C1=O. The fraction of sp³-hybridized carbons (Fsp3) is 0.500. The molecular weight excluding hydrogens is 318 g/mol. The molecule has 0 amide bonds. The number of rotatable bonds is 1. The predicted octanol–water partition coefficient (Wildman–Crippen LogP) is 6.58. The molecule has 2 heteroatoms. The second-order valence-corrected chi connectivity index (χ2v) is 10.3. The van der Waals surface area contributed by atoms with Gasteiger partial charge in [-0.05, 0) is 46.1 Å². The molecule has 140 valence electrons. The van der Waals surface area contributed by atoms with E-state index in [1.807, 2.05) is 12.2 Å². The standard InChI is InChI=1S/C24H33NO/c1-22(2,3)16-10-12-17(13-11-16)25-18-14-19(23(4,5)6)21(26)20(15-18)24(7,8)9/h10-15H,1-9H3. The zero-order chi connectivity index (χ0) is 19.9. The van der Waals surface area contributed by atoms with Crippen LogP contribution in [0.2, 0.25) is 0 Å². The van der Waals surface area contributed by atoms with Gasteiger partial charge in [0.2, 0.25) is 0 Å². The molecule has 1 aliphatic carbocycles. The highest BCUT2D eigenvalue weighted by molar-refractivity contribution is 6.23. The molecule has 1 aliphatic rings. The third kappa shape index (κ3) is 4.60. The highest BCUT2D eigenvalue weighted by Gasteiger charge is 2.34. The molecule has 0 N–H and O–H groups in total. The van der Waals surface area contributed by atoms with E-state index in [1.54, 1.807) is 0 Å². The van der Waals surface area contributed by atoms with Gasteiger partial charge in [-0.15, -0.1) is 0 Å². The van der Waals surface area contributed by atoms with Crippen molar-refractivity contribution in [3.63, 3.8) is 0 Å². The molecule has 0 aromatic heterocycles. The molecule has 26 heavy (non-hydrogen) atoms. The number of carbonyl (C=O) groups is 1. The van der Waals surface area contributed by atoms with Crippen molar-refractivity contribution in [3.8, 4) is 0 Å². The zero-order valence-electron chi connectivity index (χ0n) is 17.8. The number of allylic oxidation sites excluding steroid dienone is 4. The van der Waals surface area contributed by atoms with E-state index in [2.05, 4.69) is 86.6 Å². The summed E-state index contributed by atoms with van der Waals surface area (Å²) in [5, 5.41) is 0. The van der Waals surface area contributed by atoms with Crippen molar-refractivity contribution in [2.45, 2.75) is 67.7 Å².